The first-order valence-electron chi connectivity index (χ1n) is 8.32. The smallest absolute Gasteiger partial charge is 0.414 e. The molecule has 0 saturated carbocycles. The van der Waals surface area contributed by atoms with Gasteiger partial charge in [-0.05, 0) is 31.9 Å². The second kappa shape index (κ2) is 11.3. The predicted molar refractivity (Wildman–Crippen MR) is 88.9 cm³/mol. The lowest BCUT2D eigenvalue weighted by Crippen LogP contribution is -2.34. The predicted octanol–water partition coefficient (Wildman–Crippen LogP) is 3.17. The molecular weight excluding hydrogens is 312 g/mol. The van der Waals surface area contributed by atoms with E-state index >= 15 is 0 Å². The molecule has 1 aromatic rings. The van der Waals surface area contributed by atoms with Crippen LogP contribution in [0.3, 0.4) is 0 Å². The normalized spacial score (nSPS) is 11.6. The first-order valence-corrected chi connectivity index (χ1v) is 8.32. The molecule has 1 heterocycles. The molecular formula is C17H26N2O5. The minimum atomic E-state index is -0.881. The summed E-state index contributed by atoms with van der Waals surface area (Å²) in [5.74, 6) is -1.01. The van der Waals surface area contributed by atoms with Crippen LogP contribution in [0.1, 0.15) is 52.4 Å². The van der Waals surface area contributed by atoms with E-state index in [1.165, 1.54) is 37.6 Å². The van der Waals surface area contributed by atoms with Crippen molar-refractivity contribution in [1.82, 2.24) is 10.3 Å². The molecule has 0 bridgehead atoms. The first kappa shape index (κ1) is 19.7. The SMILES string of the molecule is CCCCCCCC(C)OC(=O)CNC(=O)Oc1ncccc1O. The second-order valence-corrected chi connectivity index (χ2v) is 5.57. The molecule has 0 aliphatic rings. The quantitative estimate of drug-likeness (QED) is 0.502. The molecule has 1 unspecified atom stereocenters. The standard InChI is InChI=1S/C17H26N2O5/c1-3-4-5-6-7-9-13(2)23-15(21)12-19-17(22)24-16-14(20)10-8-11-18-16/h8,10-11,13,20H,3-7,9,12H2,1-2H3,(H,19,22). The van der Waals surface area contributed by atoms with Gasteiger partial charge in [0.1, 0.15) is 6.54 Å². The number of hydrogen-bond acceptors (Lipinski definition) is 6. The van der Waals surface area contributed by atoms with Crippen LogP contribution in [-0.2, 0) is 9.53 Å². The molecule has 1 rings (SSSR count). The van der Waals surface area contributed by atoms with E-state index in [-0.39, 0.29) is 24.3 Å². The summed E-state index contributed by atoms with van der Waals surface area (Å²) in [6.07, 6.45) is 6.89. The van der Waals surface area contributed by atoms with Crippen LogP contribution in [0.25, 0.3) is 0 Å². The summed E-state index contributed by atoms with van der Waals surface area (Å²) in [6, 6.07) is 2.84. The third-order valence-corrected chi connectivity index (χ3v) is 3.36. The Morgan fingerprint density at radius 1 is 1.29 bits per heavy atom. The van der Waals surface area contributed by atoms with Crippen LogP contribution >= 0.6 is 0 Å². The molecule has 0 aliphatic heterocycles. The van der Waals surface area contributed by atoms with Gasteiger partial charge in [0, 0.05) is 6.20 Å². The van der Waals surface area contributed by atoms with Crippen LogP contribution in [0.2, 0.25) is 0 Å². The summed E-state index contributed by atoms with van der Waals surface area (Å²) in [7, 11) is 0. The zero-order valence-corrected chi connectivity index (χ0v) is 14.3. The summed E-state index contributed by atoms with van der Waals surface area (Å²) in [5.41, 5.74) is 0. The van der Waals surface area contributed by atoms with Crippen molar-refractivity contribution in [3.05, 3.63) is 18.3 Å². The average Bonchev–Trinajstić information content (AvgIpc) is 2.55. The van der Waals surface area contributed by atoms with E-state index in [1.807, 2.05) is 6.92 Å². The summed E-state index contributed by atoms with van der Waals surface area (Å²) in [5, 5.41) is 11.7. The van der Waals surface area contributed by atoms with Crippen LogP contribution in [-0.4, -0.2) is 34.8 Å². The van der Waals surface area contributed by atoms with Crippen molar-refractivity contribution >= 4 is 12.1 Å². The molecule has 0 saturated heterocycles. The van der Waals surface area contributed by atoms with Crippen LogP contribution < -0.4 is 10.1 Å². The Bertz CT molecular complexity index is 521. The van der Waals surface area contributed by atoms with Crippen LogP contribution in [0, 0.1) is 0 Å². The number of carbonyl (C=O) groups excluding carboxylic acids is 2. The minimum Gasteiger partial charge on any atom is -0.503 e. The van der Waals surface area contributed by atoms with E-state index in [4.69, 9.17) is 9.47 Å². The number of esters is 1. The lowest BCUT2D eigenvalue weighted by molar-refractivity contribution is -0.147. The molecule has 134 valence electrons. The van der Waals surface area contributed by atoms with Gasteiger partial charge in [-0.15, -0.1) is 0 Å². The maximum Gasteiger partial charge on any atom is 0.414 e. The van der Waals surface area contributed by atoms with Gasteiger partial charge in [-0.25, -0.2) is 9.78 Å². The summed E-state index contributed by atoms with van der Waals surface area (Å²) in [4.78, 5) is 26.9. The van der Waals surface area contributed by atoms with Crippen molar-refractivity contribution < 1.29 is 24.2 Å². The van der Waals surface area contributed by atoms with Crippen molar-refractivity contribution in [3.63, 3.8) is 0 Å². The third-order valence-electron chi connectivity index (χ3n) is 3.36. The van der Waals surface area contributed by atoms with E-state index in [1.54, 1.807) is 0 Å². The Labute approximate surface area is 142 Å². The molecule has 7 heteroatoms. The number of pyridine rings is 1. The maximum atomic E-state index is 11.7. The number of unbranched alkanes of at least 4 members (excludes halogenated alkanes) is 4. The van der Waals surface area contributed by atoms with Gasteiger partial charge in [0.25, 0.3) is 5.88 Å². The minimum absolute atomic E-state index is 0.184. The van der Waals surface area contributed by atoms with Gasteiger partial charge < -0.3 is 19.9 Å². The molecule has 1 aromatic heterocycles. The fourth-order valence-corrected chi connectivity index (χ4v) is 2.09. The molecule has 7 nitrogen and oxygen atoms in total. The fraction of sp³-hybridized carbons (Fsp3) is 0.588. The Morgan fingerprint density at radius 2 is 2.04 bits per heavy atom. The second-order valence-electron chi connectivity index (χ2n) is 5.57. The Balaban J connectivity index is 2.18. The molecule has 1 amide bonds. The molecule has 1 atom stereocenters. The summed E-state index contributed by atoms with van der Waals surface area (Å²) < 4.78 is 9.99. The highest BCUT2D eigenvalue weighted by molar-refractivity contribution is 5.79. The van der Waals surface area contributed by atoms with E-state index < -0.39 is 12.1 Å². The molecule has 0 fully saturated rings. The van der Waals surface area contributed by atoms with Gasteiger partial charge >= 0.3 is 12.1 Å². The van der Waals surface area contributed by atoms with Gasteiger partial charge in [0.05, 0.1) is 6.10 Å². The Hall–Kier alpha value is -2.31. The molecule has 0 aromatic carbocycles. The molecule has 0 aliphatic carbocycles. The van der Waals surface area contributed by atoms with Crippen molar-refractivity contribution in [2.24, 2.45) is 0 Å². The Morgan fingerprint density at radius 3 is 2.75 bits per heavy atom. The van der Waals surface area contributed by atoms with Gasteiger partial charge in [-0.1, -0.05) is 32.6 Å². The average molecular weight is 338 g/mol. The number of rotatable bonds is 10. The van der Waals surface area contributed by atoms with Crippen LogP contribution in [0.5, 0.6) is 11.6 Å². The van der Waals surface area contributed by atoms with Crippen LogP contribution in [0.15, 0.2) is 18.3 Å². The number of carbonyl (C=O) groups is 2. The number of hydrogen-bond donors (Lipinski definition) is 2. The lowest BCUT2D eigenvalue weighted by Gasteiger charge is -2.13. The highest BCUT2D eigenvalue weighted by Gasteiger charge is 2.13. The van der Waals surface area contributed by atoms with E-state index in [2.05, 4.69) is 17.2 Å². The van der Waals surface area contributed by atoms with E-state index in [0.717, 1.165) is 19.3 Å². The van der Waals surface area contributed by atoms with Crippen molar-refractivity contribution in [2.45, 2.75) is 58.5 Å². The Kier molecular flexibility index (Phi) is 9.26. The number of nitrogens with zero attached hydrogens (tertiary/aromatic N) is 1. The van der Waals surface area contributed by atoms with Crippen LogP contribution in [0.4, 0.5) is 4.79 Å². The van der Waals surface area contributed by atoms with Gasteiger partial charge in [-0.2, -0.15) is 0 Å². The van der Waals surface area contributed by atoms with Crippen molar-refractivity contribution in [3.8, 4) is 11.6 Å². The topological polar surface area (TPSA) is 97.8 Å². The molecule has 2 N–H and O–H groups in total. The molecule has 0 spiro atoms. The van der Waals surface area contributed by atoms with E-state index in [0.29, 0.717) is 0 Å². The number of ether oxygens (including phenoxy) is 2. The number of nitrogens with one attached hydrogen (secondary N) is 1. The first-order chi connectivity index (χ1) is 11.5. The lowest BCUT2D eigenvalue weighted by atomic mass is 10.1. The van der Waals surface area contributed by atoms with Crippen molar-refractivity contribution in [2.75, 3.05) is 6.54 Å². The van der Waals surface area contributed by atoms with Crippen molar-refractivity contribution in [1.29, 1.82) is 0 Å². The van der Waals surface area contributed by atoms with Gasteiger partial charge in [0.15, 0.2) is 5.75 Å². The molecule has 24 heavy (non-hydrogen) atoms. The number of amides is 1. The van der Waals surface area contributed by atoms with Gasteiger partial charge in [0.2, 0.25) is 0 Å². The largest absolute Gasteiger partial charge is 0.503 e. The monoisotopic (exact) mass is 338 g/mol. The maximum absolute atomic E-state index is 11.7. The fourth-order valence-electron chi connectivity index (χ4n) is 2.09. The number of aromatic nitrogens is 1. The third kappa shape index (κ3) is 8.36. The zero-order chi connectivity index (χ0) is 17.8. The summed E-state index contributed by atoms with van der Waals surface area (Å²) in [6.45, 7) is 3.70. The highest BCUT2D eigenvalue weighted by atomic mass is 16.6. The molecule has 0 radical (unpaired) electrons. The van der Waals surface area contributed by atoms with E-state index in [9.17, 15) is 14.7 Å². The van der Waals surface area contributed by atoms with Gasteiger partial charge in [-0.3, -0.25) is 4.79 Å². The highest BCUT2D eigenvalue weighted by Crippen LogP contribution is 2.20. The summed E-state index contributed by atoms with van der Waals surface area (Å²) >= 11 is 0. The zero-order valence-electron chi connectivity index (χ0n) is 14.3. The number of aromatic hydroxyl groups is 1.